The molecule has 1 aliphatic heterocycles. The van der Waals surface area contributed by atoms with Crippen molar-refractivity contribution in [2.75, 3.05) is 37.8 Å². The van der Waals surface area contributed by atoms with Crippen LogP contribution in [-0.4, -0.2) is 70.8 Å². The monoisotopic (exact) mass is 594 g/mol. The van der Waals surface area contributed by atoms with E-state index in [0.29, 0.717) is 47.7 Å². The molecular formula is C24H25Cl2FN8O3S. The molecule has 0 radical (unpaired) electrons. The van der Waals surface area contributed by atoms with Crippen LogP contribution in [0.5, 0.6) is 5.75 Å². The Hall–Kier alpha value is -3.10. The number of ether oxygens (including phenoxy) is 1. The van der Waals surface area contributed by atoms with Crippen LogP contribution in [-0.2, 0) is 10.0 Å². The highest BCUT2D eigenvalue weighted by atomic mass is 35.5. The van der Waals surface area contributed by atoms with Crippen LogP contribution < -0.4 is 15.4 Å². The van der Waals surface area contributed by atoms with Crippen LogP contribution in [0.25, 0.3) is 22.2 Å². The van der Waals surface area contributed by atoms with Gasteiger partial charge in [-0.05, 0) is 6.07 Å². The van der Waals surface area contributed by atoms with Crippen molar-refractivity contribution in [3.8, 4) is 17.0 Å². The maximum atomic E-state index is 14.8. The molecule has 1 aromatic carbocycles. The molecule has 4 heterocycles. The number of anilines is 1. The van der Waals surface area contributed by atoms with Gasteiger partial charge in [0.05, 0.1) is 21.8 Å². The van der Waals surface area contributed by atoms with Gasteiger partial charge in [0.25, 0.3) is 0 Å². The third kappa shape index (κ3) is 5.50. The van der Waals surface area contributed by atoms with E-state index in [9.17, 15) is 12.8 Å². The van der Waals surface area contributed by atoms with Crippen molar-refractivity contribution >= 4 is 50.1 Å². The first-order chi connectivity index (χ1) is 18.3. The lowest BCUT2D eigenvalue weighted by atomic mass is 9.82. The zero-order valence-electron chi connectivity index (χ0n) is 21.2. The fraction of sp³-hybridized carbons (Fsp3) is 0.333. The predicted octanol–water partition coefficient (Wildman–Crippen LogP) is 3.61. The molecule has 1 aliphatic rings. The Morgan fingerprint density at radius 3 is 2.46 bits per heavy atom. The Bertz CT molecular complexity index is 1630. The van der Waals surface area contributed by atoms with E-state index in [-0.39, 0.29) is 26.8 Å². The molecule has 0 spiro atoms. The average Bonchev–Trinajstić information content (AvgIpc) is 3.24. The van der Waals surface area contributed by atoms with E-state index >= 15 is 0 Å². The molecular weight excluding hydrogens is 570 g/mol. The molecule has 0 amide bonds. The number of nitrogens with one attached hydrogen (secondary N) is 1. The topological polar surface area (TPSA) is 143 Å². The molecule has 0 bridgehead atoms. The van der Waals surface area contributed by atoms with Gasteiger partial charge < -0.3 is 9.64 Å². The molecule has 1 saturated heterocycles. The summed E-state index contributed by atoms with van der Waals surface area (Å²) in [5.41, 5.74) is 7.76. The molecule has 4 aromatic rings. The molecule has 0 aliphatic carbocycles. The highest BCUT2D eigenvalue weighted by molar-refractivity contribution is 7.88. The summed E-state index contributed by atoms with van der Waals surface area (Å²) in [4.78, 5) is 14.8. The first-order valence-corrected chi connectivity index (χ1v) is 14.3. The number of hydrogen-bond donors (Lipinski definition) is 2. The van der Waals surface area contributed by atoms with E-state index in [1.54, 1.807) is 19.4 Å². The molecule has 5 rings (SSSR count). The minimum absolute atomic E-state index is 0.113. The molecule has 39 heavy (non-hydrogen) atoms. The van der Waals surface area contributed by atoms with Crippen LogP contribution in [0.1, 0.15) is 18.7 Å². The van der Waals surface area contributed by atoms with E-state index < -0.39 is 22.1 Å². The number of halogens is 3. The average molecular weight is 595 g/mol. The summed E-state index contributed by atoms with van der Waals surface area (Å²) in [5, 5.41) is 8.09. The zero-order chi connectivity index (χ0) is 28.1. The zero-order valence-corrected chi connectivity index (χ0v) is 23.5. The Kier molecular flexibility index (Phi) is 7.14. The first kappa shape index (κ1) is 27.5. The second kappa shape index (κ2) is 10.1. The minimum atomic E-state index is -3.25. The van der Waals surface area contributed by atoms with Crippen LogP contribution in [0.15, 0.2) is 36.9 Å². The lowest BCUT2D eigenvalue weighted by molar-refractivity contribution is 0.196. The smallest absolute Gasteiger partial charge is 0.225 e. The Morgan fingerprint density at radius 2 is 1.85 bits per heavy atom. The molecule has 15 heteroatoms. The summed E-state index contributed by atoms with van der Waals surface area (Å²) >= 11 is 12.3. The SMILES string of the molecule is CN(CC1(C)CN(c2ncc(-c3n[nH]c4cc(F)c(O[C@H](N)c5c(Cl)cncc5Cl)cc34)cn2)C1)S(C)(=O)=O. The maximum Gasteiger partial charge on any atom is 0.225 e. The van der Waals surface area contributed by atoms with Crippen molar-refractivity contribution in [2.24, 2.45) is 11.1 Å². The quantitative estimate of drug-likeness (QED) is 0.292. The predicted molar refractivity (Wildman–Crippen MR) is 147 cm³/mol. The number of pyridine rings is 1. The van der Waals surface area contributed by atoms with Crippen molar-refractivity contribution < 1.29 is 17.5 Å². The Labute approximate surface area is 234 Å². The van der Waals surface area contributed by atoms with Crippen LogP contribution >= 0.6 is 23.2 Å². The number of nitrogens with zero attached hydrogens (tertiary/aromatic N) is 6. The van der Waals surface area contributed by atoms with Crippen molar-refractivity contribution in [3.63, 3.8) is 0 Å². The highest BCUT2D eigenvalue weighted by Crippen LogP contribution is 2.36. The Balaban J connectivity index is 1.34. The second-order valence-electron chi connectivity index (χ2n) is 9.91. The van der Waals surface area contributed by atoms with Gasteiger partial charge in [-0.3, -0.25) is 15.8 Å². The standard InChI is InChI=1S/C24H25Cl2FN8O3S/c1-24(10-34(2)39(3,36)37)11-35(12-24)23-30-6-13(7-31-23)21-14-4-19(17(27)5-18(14)32-33-21)38-22(28)20-15(25)8-29-9-16(20)26/h4-9,22H,10-12,28H2,1-3H3,(H,32,33)/t22-/m0/s1. The molecule has 3 aromatic heterocycles. The number of rotatable bonds is 8. The van der Waals surface area contributed by atoms with Crippen LogP contribution in [0.2, 0.25) is 10.0 Å². The second-order valence-corrected chi connectivity index (χ2v) is 12.8. The summed E-state index contributed by atoms with van der Waals surface area (Å²) < 4.78 is 45.4. The first-order valence-electron chi connectivity index (χ1n) is 11.7. The molecule has 0 saturated carbocycles. The molecule has 0 unspecified atom stereocenters. The van der Waals surface area contributed by atoms with Gasteiger partial charge in [-0.15, -0.1) is 0 Å². The van der Waals surface area contributed by atoms with Gasteiger partial charge in [0.15, 0.2) is 17.8 Å². The molecule has 3 N–H and O–H groups in total. The van der Waals surface area contributed by atoms with Crippen molar-refractivity contribution in [1.82, 2.24) is 29.5 Å². The Morgan fingerprint density at radius 1 is 1.21 bits per heavy atom. The van der Waals surface area contributed by atoms with E-state index in [1.165, 1.54) is 35.1 Å². The minimum Gasteiger partial charge on any atom is -0.468 e. The number of nitrogens with two attached hydrogens (primary N) is 1. The van der Waals surface area contributed by atoms with Crippen molar-refractivity contribution in [3.05, 3.63) is 58.3 Å². The van der Waals surface area contributed by atoms with Gasteiger partial charge >= 0.3 is 0 Å². The highest BCUT2D eigenvalue weighted by Gasteiger charge is 2.42. The van der Waals surface area contributed by atoms with Gasteiger partial charge in [0.2, 0.25) is 16.0 Å². The lowest BCUT2D eigenvalue weighted by Crippen LogP contribution is -2.60. The van der Waals surface area contributed by atoms with Gasteiger partial charge in [-0.25, -0.2) is 27.1 Å². The number of hydrogen-bond acceptors (Lipinski definition) is 9. The van der Waals surface area contributed by atoms with E-state index in [4.69, 9.17) is 33.7 Å². The van der Waals surface area contributed by atoms with E-state index in [0.717, 1.165) is 0 Å². The lowest BCUT2D eigenvalue weighted by Gasteiger charge is -2.49. The van der Waals surface area contributed by atoms with Crippen molar-refractivity contribution in [1.29, 1.82) is 0 Å². The van der Waals surface area contributed by atoms with Gasteiger partial charge in [0, 0.05) is 79.5 Å². The number of aromatic amines is 1. The molecule has 1 fully saturated rings. The number of benzene rings is 1. The normalized spacial score (nSPS) is 15.9. The summed E-state index contributed by atoms with van der Waals surface area (Å²) in [6.07, 6.45) is 6.05. The van der Waals surface area contributed by atoms with Crippen molar-refractivity contribution in [2.45, 2.75) is 13.2 Å². The fourth-order valence-corrected chi connectivity index (χ4v) is 5.72. The fourth-order valence-electron chi connectivity index (χ4n) is 4.60. The molecule has 11 nitrogen and oxygen atoms in total. The third-order valence-electron chi connectivity index (χ3n) is 6.55. The summed E-state index contributed by atoms with van der Waals surface area (Å²) in [6.45, 7) is 3.66. The molecule has 1 atom stereocenters. The molecule has 206 valence electrons. The number of H-pyrrole nitrogens is 1. The third-order valence-corrected chi connectivity index (χ3v) is 8.42. The van der Waals surface area contributed by atoms with Crippen LogP contribution in [0, 0.1) is 11.2 Å². The number of fused-ring (bicyclic) bond motifs is 1. The van der Waals surface area contributed by atoms with Gasteiger partial charge in [-0.1, -0.05) is 30.1 Å². The largest absolute Gasteiger partial charge is 0.468 e. The van der Waals surface area contributed by atoms with Crippen LogP contribution in [0.4, 0.5) is 10.3 Å². The number of aromatic nitrogens is 5. The maximum absolute atomic E-state index is 14.8. The summed E-state index contributed by atoms with van der Waals surface area (Å²) in [6, 6.07) is 2.74. The number of sulfonamides is 1. The van der Waals surface area contributed by atoms with E-state index in [2.05, 4.69) is 25.1 Å². The van der Waals surface area contributed by atoms with Crippen LogP contribution in [0.3, 0.4) is 0 Å². The van der Waals surface area contributed by atoms with Gasteiger partial charge in [-0.2, -0.15) is 5.10 Å². The summed E-state index contributed by atoms with van der Waals surface area (Å²) in [5.74, 6) is -0.244. The van der Waals surface area contributed by atoms with E-state index in [1.807, 2.05) is 11.8 Å². The summed E-state index contributed by atoms with van der Waals surface area (Å²) in [7, 11) is -1.68. The van der Waals surface area contributed by atoms with Gasteiger partial charge in [0.1, 0.15) is 5.69 Å².